The summed E-state index contributed by atoms with van der Waals surface area (Å²) >= 11 is 0. The summed E-state index contributed by atoms with van der Waals surface area (Å²) in [4.78, 5) is 28.2. The van der Waals surface area contributed by atoms with Crippen molar-refractivity contribution >= 4 is 11.8 Å². The molecule has 3 aromatic rings. The predicted octanol–water partition coefficient (Wildman–Crippen LogP) is 4.02. The molecule has 0 bridgehead atoms. The third kappa shape index (κ3) is 5.03. The van der Waals surface area contributed by atoms with Crippen LogP contribution >= 0.6 is 0 Å². The third-order valence-corrected chi connectivity index (χ3v) is 6.18. The van der Waals surface area contributed by atoms with Crippen molar-refractivity contribution in [3.05, 3.63) is 95.3 Å². The molecule has 0 aliphatic carbocycles. The molecule has 1 aliphatic rings. The summed E-state index contributed by atoms with van der Waals surface area (Å²) < 4.78 is 24.3. The highest BCUT2D eigenvalue weighted by Crippen LogP contribution is 2.40. The molecule has 34 heavy (non-hydrogen) atoms. The van der Waals surface area contributed by atoms with Crippen LogP contribution in [0.2, 0.25) is 0 Å². The summed E-state index contributed by atoms with van der Waals surface area (Å²) in [6.07, 6.45) is 0. The van der Waals surface area contributed by atoms with Crippen molar-refractivity contribution in [2.75, 3.05) is 27.3 Å². The minimum absolute atomic E-state index is 0.145. The topological polar surface area (TPSA) is 67.9 Å². The van der Waals surface area contributed by atoms with Gasteiger partial charge in [0.05, 0.1) is 20.1 Å². The SMILES string of the molecule is COc1ccc(OC)c(C2CN(C(=O)c3ccc(F)cc3)CC2C(=O)NCc2ccccc2)c1. The van der Waals surface area contributed by atoms with Gasteiger partial charge in [-0.05, 0) is 48.0 Å². The molecule has 1 saturated heterocycles. The number of ether oxygens (including phenoxy) is 2. The largest absolute Gasteiger partial charge is 0.497 e. The highest BCUT2D eigenvalue weighted by molar-refractivity contribution is 5.95. The standard InChI is InChI=1S/C27H27FN2O4/c1-33-21-12-13-25(34-2)22(14-21)23-16-30(27(32)19-8-10-20(28)11-9-19)17-24(23)26(31)29-15-18-6-4-3-5-7-18/h3-14,23-24H,15-17H2,1-2H3,(H,29,31). The van der Waals surface area contributed by atoms with Gasteiger partial charge in [-0.25, -0.2) is 4.39 Å². The molecule has 1 aliphatic heterocycles. The minimum atomic E-state index is -0.492. The van der Waals surface area contributed by atoms with Gasteiger partial charge in [0.25, 0.3) is 5.91 Å². The summed E-state index contributed by atoms with van der Waals surface area (Å²) in [5.41, 5.74) is 2.17. The van der Waals surface area contributed by atoms with Gasteiger partial charge in [-0.3, -0.25) is 9.59 Å². The van der Waals surface area contributed by atoms with Gasteiger partial charge in [-0.1, -0.05) is 30.3 Å². The molecule has 6 nitrogen and oxygen atoms in total. The molecule has 176 valence electrons. The maximum atomic E-state index is 13.4. The van der Waals surface area contributed by atoms with E-state index >= 15 is 0 Å². The second-order valence-corrected chi connectivity index (χ2v) is 8.24. The molecule has 2 unspecified atom stereocenters. The van der Waals surface area contributed by atoms with E-state index in [-0.39, 0.29) is 24.3 Å². The smallest absolute Gasteiger partial charge is 0.253 e. The van der Waals surface area contributed by atoms with E-state index in [1.54, 1.807) is 31.3 Å². The summed E-state index contributed by atoms with van der Waals surface area (Å²) in [5, 5.41) is 3.01. The zero-order valence-electron chi connectivity index (χ0n) is 19.2. The van der Waals surface area contributed by atoms with E-state index in [1.807, 2.05) is 36.4 Å². The molecule has 2 atom stereocenters. The molecular formula is C27H27FN2O4. The maximum Gasteiger partial charge on any atom is 0.253 e. The molecule has 1 N–H and O–H groups in total. The van der Waals surface area contributed by atoms with Crippen LogP contribution in [0.5, 0.6) is 11.5 Å². The number of hydrogen-bond acceptors (Lipinski definition) is 4. The van der Waals surface area contributed by atoms with Crippen LogP contribution in [0.25, 0.3) is 0 Å². The summed E-state index contributed by atoms with van der Waals surface area (Å²) in [6.45, 7) is 0.953. The Labute approximate surface area is 198 Å². The van der Waals surface area contributed by atoms with Crippen molar-refractivity contribution in [2.45, 2.75) is 12.5 Å². The lowest BCUT2D eigenvalue weighted by atomic mass is 9.87. The van der Waals surface area contributed by atoms with Crippen molar-refractivity contribution < 1.29 is 23.5 Å². The monoisotopic (exact) mass is 462 g/mol. The molecule has 1 fully saturated rings. The Kier molecular flexibility index (Phi) is 7.11. The number of methoxy groups -OCH3 is 2. The molecule has 1 heterocycles. The van der Waals surface area contributed by atoms with Crippen molar-refractivity contribution in [2.24, 2.45) is 5.92 Å². The molecule has 0 aromatic heterocycles. The van der Waals surface area contributed by atoms with Crippen LogP contribution < -0.4 is 14.8 Å². The highest BCUT2D eigenvalue weighted by Gasteiger charge is 2.42. The van der Waals surface area contributed by atoms with Gasteiger partial charge < -0.3 is 19.7 Å². The van der Waals surface area contributed by atoms with Gasteiger partial charge in [0.2, 0.25) is 5.91 Å². The number of benzene rings is 3. The number of carbonyl (C=O) groups excluding carboxylic acids is 2. The molecule has 3 aromatic carbocycles. The van der Waals surface area contributed by atoms with E-state index in [0.717, 1.165) is 11.1 Å². The Balaban J connectivity index is 1.62. The molecule has 4 rings (SSSR count). The van der Waals surface area contributed by atoms with E-state index in [4.69, 9.17) is 9.47 Å². The van der Waals surface area contributed by atoms with Crippen molar-refractivity contribution in [1.29, 1.82) is 0 Å². The number of rotatable bonds is 7. The van der Waals surface area contributed by atoms with Crippen LogP contribution in [0.3, 0.4) is 0 Å². The fourth-order valence-electron chi connectivity index (χ4n) is 4.37. The number of nitrogens with zero attached hydrogens (tertiary/aromatic N) is 1. The lowest BCUT2D eigenvalue weighted by Crippen LogP contribution is -2.35. The number of halogens is 1. The average molecular weight is 463 g/mol. The van der Waals surface area contributed by atoms with Crippen LogP contribution in [-0.4, -0.2) is 44.0 Å². The summed E-state index contributed by atoms with van der Waals surface area (Å²) in [6, 6.07) is 20.5. The van der Waals surface area contributed by atoms with E-state index in [1.165, 1.54) is 24.3 Å². The fourth-order valence-corrected chi connectivity index (χ4v) is 4.37. The van der Waals surface area contributed by atoms with E-state index in [2.05, 4.69) is 5.32 Å². The maximum absolute atomic E-state index is 13.4. The van der Waals surface area contributed by atoms with Gasteiger partial charge >= 0.3 is 0 Å². The van der Waals surface area contributed by atoms with Crippen molar-refractivity contribution in [3.8, 4) is 11.5 Å². The number of carbonyl (C=O) groups is 2. The van der Waals surface area contributed by atoms with E-state index in [9.17, 15) is 14.0 Å². The molecular weight excluding hydrogens is 435 g/mol. The average Bonchev–Trinajstić information content (AvgIpc) is 3.33. The van der Waals surface area contributed by atoms with Crippen molar-refractivity contribution in [1.82, 2.24) is 10.2 Å². The summed E-state index contributed by atoms with van der Waals surface area (Å²) in [5.74, 6) is -0.321. The Hall–Kier alpha value is -3.87. The first-order valence-corrected chi connectivity index (χ1v) is 11.1. The predicted molar refractivity (Wildman–Crippen MR) is 126 cm³/mol. The number of nitrogens with one attached hydrogen (secondary N) is 1. The zero-order chi connectivity index (χ0) is 24.1. The van der Waals surface area contributed by atoms with Crippen LogP contribution in [-0.2, 0) is 11.3 Å². The molecule has 7 heteroatoms. The molecule has 0 spiro atoms. The normalized spacial score (nSPS) is 17.3. The second kappa shape index (κ2) is 10.4. The minimum Gasteiger partial charge on any atom is -0.497 e. The first-order chi connectivity index (χ1) is 16.5. The van der Waals surface area contributed by atoms with Crippen LogP contribution in [0.15, 0.2) is 72.8 Å². The first-order valence-electron chi connectivity index (χ1n) is 11.1. The van der Waals surface area contributed by atoms with Crippen LogP contribution in [0.1, 0.15) is 27.4 Å². The Morgan fingerprint density at radius 2 is 1.71 bits per heavy atom. The number of amides is 2. The summed E-state index contributed by atoms with van der Waals surface area (Å²) in [7, 11) is 3.15. The molecule has 2 amide bonds. The highest BCUT2D eigenvalue weighted by atomic mass is 19.1. The second-order valence-electron chi connectivity index (χ2n) is 8.24. The van der Waals surface area contributed by atoms with Gasteiger partial charge in [0.1, 0.15) is 17.3 Å². The van der Waals surface area contributed by atoms with Crippen LogP contribution in [0.4, 0.5) is 4.39 Å². The zero-order valence-corrected chi connectivity index (χ0v) is 19.2. The lowest BCUT2D eigenvalue weighted by Gasteiger charge is -2.21. The van der Waals surface area contributed by atoms with Crippen molar-refractivity contribution in [3.63, 3.8) is 0 Å². The van der Waals surface area contributed by atoms with Gasteiger partial charge in [-0.15, -0.1) is 0 Å². The van der Waals surface area contributed by atoms with Gasteiger partial charge in [-0.2, -0.15) is 0 Å². The molecule has 0 saturated carbocycles. The van der Waals surface area contributed by atoms with Gasteiger partial charge in [0.15, 0.2) is 0 Å². The number of likely N-dealkylation sites (tertiary alicyclic amines) is 1. The van der Waals surface area contributed by atoms with Crippen LogP contribution in [0, 0.1) is 11.7 Å². The Morgan fingerprint density at radius 1 is 0.971 bits per heavy atom. The third-order valence-electron chi connectivity index (χ3n) is 6.18. The Morgan fingerprint density at radius 3 is 2.38 bits per heavy atom. The van der Waals surface area contributed by atoms with E-state index < -0.39 is 11.7 Å². The fraction of sp³-hybridized carbons (Fsp3) is 0.259. The first kappa shape index (κ1) is 23.3. The lowest BCUT2D eigenvalue weighted by molar-refractivity contribution is -0.125. The number of hydrogen-bond donors (Lipinski definition) is 1. The van der Waals surface area contributed by atoms with Gasteiger partial charge in [0, 0.05) is 36.7 Å². The molecule has 0 radical (unpaired) electrons. The van der Waals surface area contributed by atoms with E-state index in [0.29, 0.717) is 30.2 Å². The quantitative estimate of drug-likeness (QED) is 0.576. The Bertz CT molecular complexity index is 1150.